The van der Waals surface area contributed by atoms with Crippen molar-refractivity contribution >= 4 is 16.2 Å². The fourth-order valence-electron chi connectivity index (χ4n) is 1.12. The number of rotatable bonds is 2. The molecule has 5 nitrogen and oxygen atoms in total. The largest absolute Gasteiger partial charge is 0.508 e. The van der Waals surface area contributed by atoms with E-state index in [2.05, 4.69) is 5.10 Å². The van der Waals surface area contributed by atoms with Crippen LogP contribution in [0.15, 0.2) is 41.4 Å². The van der Waals surface area contributed by atoms with E-state index in [4.69, 9.17) is 5.11 Å². The number of hydrogen-bond acceptors (Lipinski definition) is 4. The Labute approximate surface area is 87.0 Å². The quantitative estimate of drug-likeness (QED) is 0.781. The molecule has 15 heavy (non-hydrogen) atoms. The molecule has 1 radical (unpaired) electrons. The number of hydrazone groups is 1. The van der Waals surface area contributed by atoms with Crippen molar-refractivity contribution in [1.29, 1.82) is 0 Å². The molecule has 0 unspecified atom stereocenters. The van der Waals surface area contributed by atoms with Gasteiger partial charge in [-0.05, 0) is 24.3 Å². The van der Waals surface area contributed by atoms with Crippen LogP contribution in [0.25, 0.3) is 0 Å². The Kier molecular flexibility index (Phi) is 2.20. The number of allylic oxidation sites excluding steroid dienone is 1. The molecule has 6 heteroatoms. The number of aromatic hydroxyl groups is 1. The van der Waals surface area contributed by atoms with Crippen molar-refractivity contribution in [3.63, 3.8) is 0 Å². The van der Waals surface area contributed by atoms with E-state index in [0.29, 0.717) is 0 Å². The summed E-state index contributed by atoms with van der Waals surface area (Å²) in [5, 5.41) is 12.7. The smallest absolute Gasteiger partial charge is 0.318 e. The third-order valence-electron chi connectivity index (χ3n) is 1.86. The molecule has 0 aromatic heterocycles. The first-order valence-electron chi connectivity index (χ1n) is 4.15. The highest BCUT2D eigenvalue weighted by Gasteiger charge is 2.30. The fraction of sp³-hybridized carbons (Fsp3) is 0. The lowest BCUT2D eigenvalue weighted by atomic mass is 10.3. The Morgan fingerprint density at radius 2 is 1.87 bits per heavy atom. The van der Waals surface area contributed by atoms with Crippen LogP contribution in [0.2, 0.25) is 0 Å². The Morgan fingerprint density at radius 1 is 1.20 bits per heavy atom. The predicted molar refractivity (Wildman–Crippen MR) is 54.5 cm³/mol. The lowest BCUT2D eigenvalue weighted by Gasteiger charge is -2.03. The molecule has 1 N–H and O–H groups in total. The van der Waals surface area contributed by atoms with Crippen molar-refractivity contribution < 1.29 is 13.5 Å². The fourth-order valence-corrected chi connectivity index (χ4v) is 2.23. The minimum Gasteiger partial charge on any atom is -0.508 e. The van der Waals surface area contributed by atoms with Crippen molar-refractivity contribution in [3.05, 3.63) is 36.5 Å². The minimum absolute atomic E-state index is 0.0226. The number of phenols is 1. The second-order valence-electron chi connectivity index (χ2n) is 2.88. The zero-order valence-electron chi connectivity index (χ0n) is 7.61. The van der Waals surface area contributed by atoms with Crippen LogP contribution in [0, 0.1) is 0 Å². The van der Waals surface area contributed by atoms with Crippen LogP contribution in [0.1, 0.15) is 0 Å². The molecule has 0 amide bonds. The minimum atomic E-state index is -3.62. The third-order valence-corrected chi connectivity index (χ3v) is 3.44. The van der Waals surface area contributed by atoms with Gasteiger partial charge in [0.1, 0.15) is 5.75 Å². The summed E-state index contributed by atoms with van der Waals surface area (Å²) in [5.74, 6) is 0.0226. The van der Waals surface area contributed by atoms with E-state index in [1.54, 1.807) is 0 Å². The monoisotopic (exact) mass is 224 g/mol. The number of phenolic OH excluding ortho intramolecular Hbond substituents is 1. The highest BCUT2D eigenvalue weighted by atomic mass is 32.2. The average molecular weight is 224 g/mol. The summed E-state index contributed by atoms with van der Waals surface area (Å²) in [7, 11) is -3.62. The summed E-state index contributed by atoms with van der Waals surface area (Å²) in [6.07, 6.45) is 4.26. The average Bonchev–Trinajstić information content (AvgIpc) is 2.71. The van der Waals surface area contributed by atoms with E-state index < -0.39 is 10.0 Å². The van der Waals surface area contributed by atoms with Gasteiger partial charge in [0.2, 0.25) is 0 Å². The van der Waals surface area contributed by atoms with Crippen molar-refractivity contribution in [1.82, 2.24) is 9.52 Å². The van der Waals surface area contributed by atoms with Gasteiger partial charge >= 0.3 is 10.0 Å². The molecule has 2 rings (SSSR count). The Bertz CT molecular complexity index is 505. The topological polar surface area (TPSA) is 71.7 Å². The zero-order chi connectivity index (χ0) is 10.9. The highest BCUT2D eigenvalue weighted by Crippen LogP contribution is 2.18. The maximum atomic E-state index is 11.8. The van der Waals surface area contributed by atoms with Crippen LogP contribution in [0.4, 0.5) is 0 Å². The summed E-state index contributed by atoms with van der Waals surface area (Å²) >= 11 is 0. The Balaban J connectivity index is 2.42. The molecular weight excluding hydrogens is 216 g/mol. The first-order chi connectivity index (χ1) is 7.10. The molecule has 0 atom stereocenters. The van der Waals surface area contributed by atoms with Crippen molar-refractivity contribution in [2.45, 2.75) is 4.90 Å². The SMILES string of the molecule is O=S(=O)(c1ccc(O)cc1)N1C=CC=[N+]1. The predicted octanol–water partition coefficient (Wildman–Crippen LogP) is 0.232. The van der Waals surface area contributed by atoms with Crippen molar-refractivity contribution in [3.8, 4) is 5.75 Å². The van der Waals surface area contributed by atoms with E-state index in [1.807, 2.05) is 0 Å². The molecule has 1 heterocycles. The summed E-state index contributed by atoms with van der Waals surface area (Å²) in [6.45, 7) is 0. The van der Waals surface area contributed by atoms with Gasteiger partial charge in [-0.2, -0.15) is 8.42 Å². The summed E-state index contributed by atoms with van der Waals surface area (Å²) in [4.78, 5) is 0.0870. The number of nitrogens with zero attached hydrogens (tertiary/aromatic N) is 2. The summed E-state index contributed by atoms with van der Waals surface area (Å²) in [6, 6.07) is 5.28. The first kappa shape index (κ1) is 9.72. The van der Waals surface area contributed by atoms with E-state index in [-0.39, 0.29) is 10.6 Å². The molecule has 0 saturated heterocycles. The van der Waals surface area contributed by atoms with E-state index in [1.165, 1.54) is 42.8 Å². The Hall–Kier alpha value is -1.82. The molecule has 0 aliphatic carbocycles. The van der Waals surface area contributed by atoms with Crippen molar-refractivity contribution in [2.24, 2.45) is 0 Å². The maximum absolute atomic E-state index is 11.8. The zero-order valence-corrected chi connectivity index (χ0v) is 8.42. The second kappa shape index (κ2) is 3.39. The van der Waals surface area contributed by atoms with Crippen LogP contribution in [0.3, 0.4) is 0 Å². The van der Waals surface area contributed by atoms with Crippen LogP contribution in [-0.2, 0) is 10.0 Å². The molecule has 77 valence electrons. The molecule has 1 aromatic carbocycles. The van der Waals surface area contributed by atoms with Crippen LogP contribution < -0.4 is 5.10 Å². The number of sulfonamides is 1. The van der Waals surface area contributed by atoms with Crippen LogP contribution in [-0.4, -0.2) is 24.2 Å². The second-order valence-corrected chi connectivity index (χ2v) is 4.67. The molecule has 1 aliphatic heterocycles. The standard InChI is InChI=1S/C9H8N2O3S/c12-8-2-4-9(5-3-8)15(13,14)11-7-1-6-10-11/h1-7,12H/q+1. The third kappa shape index (κ3) is 1.71. The van der Waals surface area contributed by atoms with E-state index in [9.17, 15) is 8.42 Å². The van der Waals surface area contributed by atoms with Gasteiger partial charge in [-0.3, -0.25) is 0 Å². The number of hydrogen-bond donors (Lipinski definition) is 1. The van der Waals surface area contributed by atoms with Gasteiger partial charge < -0.3 is 5.11 Å². The molecule has 0 saturated carbocycles. The van der Waals surface area contributed by atoms with Crippen molar-refractivity contribution in [2.75, 3.05) is 0 Å². The van der Waals surface area contributed by atoms with Gasteiger partial charge in [0, 0.05) is 10.5 Å². The lowest BCUT2D eigenvalue weighted by molar-refractivity contribution is 0.473. The van der Waals surface area contributed by atoms with Gasteiger partial charge in [0.05, 0.1) is 11.1 Å². The van der Waals surface area contributed by atoms with E-state index >= 15 is 0 Å². The van der Waals surface area contributed by atoms with Gasteiger partial charge in [-0.1, -0.05) is 0 Å². The highest BCUT2D eigenvalue weighted by molar-refractivity contribution is 7.89. The molecule has 1 aliphatic rings. The molecule has 1 aromatic rings. The van der Waals surface area contributed by atoms with Crippen LogP contribution in [0.5, 0.6) is 5.75 Å². The van der Waals surface area contributed by atoms with Crippen LogP contribution >= 0.6 is 0 Å². The van der Waals surface area contributed by atoms with Gasteiger partial charge in [-0.15, -0.1) is 0 Å². The summed E-state index contributed by atoms with van der Waals surface area (Å²) in [5.41, 5.74) is 0. The molecular formula is C9H8N2O3S+. The summed E-state index contributed by atoms with van der Waals surface area (Å²) < 4.78 is 24.5. The molecule has 0 fully saturated rings. The normalized spacial score (nSPS) is 14.8. The van der Waals surface area contributed by atoms with Gasteiger partial charge in [0.25, 0.3) is 6.21 Å². The molecule has 0 spiro atoms. The maximum Gasteiger partial charge on any atom is 0.318 e. The first-order valence-corrected chi connectivity index (χ1v) is 5.59. The van der Waals surface area contributed by atoms with E-state index in [0.717, 1.165) is 4.41 Å². The van der Waals surface area contributed by atoms with Gasteiger partial charge in [-0.25, -0.2) is 0 Å². The molecule has 0 bridgehead atoms. The number of benzene rings is 1. The van der Waals surface area contributed by atoms with Gasteiger partial charge in [0.15, 0.2) is 5.10 Å². The lowest BCUT2D eigenvalue weighted by Crippen LogP contribution is -2.25. The Morgan fingerprint density at radius 3 is 2.40 bits per heavy atom.